The van der Waals surface area contributed by atoms with Crippen LogP contribution in [0.15, 0.2) is 54.6 Å². The van der Waals surface area contributed by atoms with Crippen molar-refractivity contribution in [3.8, 4) is 5.75 Å². The minimum atomic E-state index is 0.125. The van der Waals surface area contributed by atoms with Crippen LogP contribution in [0, 0.1) is 5.92 Å². The second-order valence-electron chi connectivity index (χ2n) is 5.74. The van der Waals surface area contributed by atoms with Gasteiger partial charge in [0, 0.05) is 10.9 Å². The first kappa shape index (κ1) is 12.8. The lowest BCUT2D eigenvalue weighted by molar-refractivity contribution is 0.415. The number of phenols is 1. The quantitative estimate of drug-likeness (QED) is 0.581. The van der Waals surface area contributed by atoms with Gasteiger partial charge in [-0.15, -0.1) is 0 Å². The van der Waals surface area contributed by atoms with E-state index < -0.39 is 0 Å². The predicted molar refractivity (Wildman–Crippen MR) is 85.9 cm³/mol. The van der Waals surface area contributed by atoms with Crippen molar-refractivity contribution in [2.24, 2.45) is 5.92 Å². The van der Waals surface area contributed by atoms with E-state index in [0.717, 1.165) is 22.7 Å². The average Bonchev–Trinajstić information content (AvgIpc) is 2.97. The molecule has 0 radical (unpaired) electrons. The zero-order valence-electron chi connectivity index (χ0n) is 11.5. The van der Waals surface area contributed by atoms with Crippen molar-refractivity contribution in [2.75, 3.05) is 5.32 Å². The summed E-state index contributed by atoms with van der Waals surface area (Å²) >= 11 is 6.39. The van der Waals surface area contributed by atoms with Crippen molar-refractivity contribution in [3.63, 3.8) is 0 Å². The molecular weight excluding hydrogens is 282 g/mol. The van der Waals surface area contributed by atoms with Gasteiger partial charge in [-0.1, -0.05) is 54.1 Å². The normalized spacial score (nSPS) is 26.0. The molecule has 21 heavy (non-hydrogen) atoms. The maximum Gasteiger partial charge on any atom is 0.138 e. The number of para-hydroxylation sites is 1. The number of phenolic OH excluding ortho intramolecular Hbond substituents is 1. The zero-order valence-corrected chi connectivity index (χ0v) is 12.2. The van der Waals surface area contributed by atoms with E-state index in [-0.39, 0.29) is 6.04 Å². The Morgan fingerprint density at radius 1 is 1.05 bits per heavy atom. The first-order chi connectivity index (χ1) is 10.3. The maximum atomic E-state index is 10.2. The summed E-state index contributed by atoms with van der Waals surface area (Å²) in [5, 5.41) is 14.5. The Bertz CT molecular complexity index is 725. The molecule has 2 nitrogen and oxygen atoms in total. The number of hydrogen-bond acceptors (Lipinski definition) is 2. The first-order valence-electron chi connectivity index (χ1n) is 7.25. The number of nitrogens with one attached hydrogen (secondary N) is 1. The van der Waals surface area contributed by atoms with Crippen LogP contribution in [0.1, 0.15) is 29.5 Å². The number of rotatable bonds is 1. The van der Waals surface area contributed by atoms with Crippen molar-refractivity contribution in [1.82, 2.24) is 0 Å². The van der Waals surface area contributed by atoms with Crippen LogP contribution in [-0.2, 0) is 0 Å². The number of aromatic hydroxyl groups is 1. The molecule has 3 unspecified atom stereocenters. The summed E-state index contributed by atoms with van der Waals surface area (Å²) in [6, 6.07) is 13.8. The predicted octanol–water partition coefficient (Wildman–Crippen LogP) is 4.87. The Labute approximate surface area is 129 Å². The van der Waals surface area contributed by atoms with E-state index in [1.165, 1.54) is 5.56 Å². The monoisotopic (exact) mass is 297 g/mol. The van der Waals surface area contributed by atoms with E-state index in [1.54, 1.807) is 6.07 Å². The summed E-state index contributed by atoms with van der Waals surface area (Å²) in [4.78, 5) is 0. The number of benzene rings is 2. The molecule has 3 atom stereocenters. The lowest BCUT2D eigenvalue weighted by Gasteiger charge is -2.38. The number of allylic oxidation sites excluding steroid dienone is 2. The van der Waals surface area contributed by atoms with Crippen LogP contribution in [0.25, 0.3) is 0 Å². The highest BCUT2D eigenvalue weighted by Gasteiger charge is 2.39. The third kappa shape index (κ3) is 1.94. The molecule has 2 aromatic rings. The van der Waals surface area contributed by atoms with Crippen molar-refractivity contribution in [3.05, 3.63) is 70.8 Å². The third-order valence-electron chi connectivity index (χ3n) is 4.62. The van der Waals surface area contributed by atoms with Crippen LogP contribution in [-0.4, -0.2) is 5.11 Å². The topological polar surface area (TPSA) is 32.3 Å². The molecule has 0 spiro atoms. The van der Waals surface area contributed by atoms with Crippen LogP contribution in [0.4, 0.5) is 5.69 Å². The number of halogens is 1. The summed E-state index contributed by atoms with van der Waals surface area (Å²) in [6.45, 7) is 0. The molecule has 106 valence electrons. The van der Waals surface area contributed by atoms with Crippen LogP contribution in [0.2, 0.25) is 5.02 Å². The molecular formula is C18H16ClNO. The third-order valence-corrected chi connectivity index (χ3v) is 4.96. The van der Waals surface area contributed by atoms with Gasteiger partial charge in [0.25, 0.3) is 0 Å². The molecule has 1 heterocycles. The second-order valence-corrected chi connectivity index (χ2v) is 6.15. The average molecular weight is 298 g/mol. The SMILES string of the molecule is Oc1cccc2c1NC(c1ccccc1Cl)C1CC=CC21. The molecule has 0 aromatic heterocycles. The Kier molecular flexibility index (Phi) is 2.93. The number of fused-ring (bicyclic) bond motifs is 3. The van der Waals surface area contributed by atoms with Gasteiger partial charge in [0.2, 0.25) is 0 Å². The molecule has 4 rings (SSSR count). The lowest BCUT2D eigenvalue weighted by atomic mass is 9.77. The van der Waals surface area contributed by atoms with Gasteiger partial charge < -0.3 is 10.4 Å². The second kappa shape index (κ2) is 4.81. The van der Waals surface area contributed by atoms with Crippen LogP contribution in [0.3, 0.4) is 0 Å². The Morgan fingerprint density at radius 2 is 1.86 bits per heavy atom. The van der Waals surface area contributed by atoms with E-state index in [0.29, 0.717) is 17.6 Å². The van der Waals surface area contributed by atoms with Gasteiger partial charge >= 0.3 is 0 Å². The Hall–Kier alpha value is -1.93. The van der Waals surface area contributed by atoms with Crippen LogP contribution in [0.5, 0.6) is 5.75 Å². The molecule has 2 aromatic carbocycles. The Morgan fingerprint density at radius 3 is 2.71 bits per heavy atom. The summed E-state index contributed by atoms with van der Waals surface area (Å²) in [7, 11) is 0. The van der Waals surface area contributed by atoms with Crippen LogP contribution < -0.4 is 5.32 Å². The molecule has 0 amide bonds. The van der Waals surface area contributed by atoms with Gasteiger partial charge in [-0.05, 0) is 35.6 Å². The molecule has 0 saturated heterocycles. The highest BCUT2D eigenvalue weighted by Crippen LogP contribution is 2.52. The molecule has 2 aliphatic rings. The summed E-state index contributed by atoms with van der Waals surface area (Å²) in [5.74, 6) is 1.09. The largest absolute Gasteiger partial charge is 0.506 e. The molecule has 1 aliphatic heterocycles. The van der Waals surface area contributed by atoms with Gasteiger partial charge in [-0.3, -0.25) is 0 Å². The summed E-state index contributed by atoms with van der Waals surface area (Å²) in [6.07, 6.45) is 5.52. The number of anilines is 1. The van der Waals surface area contributed by atoms with E-state index in [1.807, 2.05) is 24.3 Å². The molecule has 0 fully saturated rings. The van der Waals surface area contributed by atoms with Gasteiger partial charge in [0.15, 0.2) is 0 Å². The van der Waals surface area contributed by atoms with Gasteiger partial charge in [-0.2, -0.15) is 0 Å². The minimum Gasteiger partial charge on any atom is -0.506 e. The highest BCUT2D eigenvalue weighted by molar-refractivity contribution is 6.31. The number of hydrogen-bond donors (Lipinski definition) is 2. The Balaban J connectivity index is 1.85. The molecule has 0 saturated carbocycles. The maximum absolute atomic E-state index is 10.2. The van der Waals surface area contributed by atoms with Gasteiger partial charge in [0.05, 0.1) is 11.7 Å². The minimum absolute atomic E-state index is 0.125. The van der Waals surface area contributed by atoms with E-state index in [4.69, 9.17) is 11.6 Å². The fraction of sp³-hybridized carbons (Fsp3) is 0.222. The highest BCUT2D eigenvalue weighted by atomic mass is 35.5. The van der Waals surface area contributed by atoms with Crippen molar-refractivity contribution in [2.45, 2.75) is 18.4 Å². The van der Waals surface area contributed by atoms with Crippen LogP contribution >= 0.6 is 11.6 Å². The first-order valence-corrected chi connectivity index (χ1v) is 7.63. The molecule has 0 bridgehead atoms. The van der Waals surface area contributed by atoms with E-state index >= 15 is 0 Å². The standard InChI is InChI=1S/C18H16ClNO/c19-15-9-2-1-5-14(15)17-12-7-3-6-11(12)13-8-4-10-16(21)18(13)20-17/h1-6,8-12,17,20-21H,7H2. The van der Waals surface area contributed by atoms with Gasteiger partial charge in [0.1, 0.15) is 5.75 Å². The summed E-state index contributed by atoms with van der Waals surface area (Å²) in [5.41, 5.74) is 3.12. The molecule has 1 aliphatic carbocycles. The van der Waals surface area contributed by atoms with E-state index in [2.05, 4.69) is 29.6 Å². The van der Waals surface area contributed by atoms with Crippen molar-refractivity contribution < 1.29 is 5.11 Å². The smallest absolute Gasteiger partial charge is 0.138 e. The van der Waals surface area contributed by atoms with Crippen molar-refractivity contribution >= 4 is 17.3 Å². The lowest BCUT2D eigenvalue weighted by Crippen LogP contribution is -2.29. The van der Waals surface area contributed by atoms with Gasteiger partial charge in [-0.25, -0.2) is 0 Å². The summed E-state index contributed by atoms with van der Waals surface area (Å²) < 4.78 is 0. The molecule has 3 heteroatoms. The van der Waals surface area contributed by atoms with E-state index in [9.17, 15) is 5.11 Å². The van der Waals surface area contributed by atoms with Crippen molar-refractivity contribution in [1.29, 1.82) is 0 Å². The molecule has 2 N–H and O–H groups in total. The fourth-order valence-electron chi connectivity index (χ4n) is 3.64. The zero-order chi connectivity index (χ0) is 14.4. The fourth-order valence-corrected chi connectivity index (χ4v) is 3.89.